The van der Waals surface area contributed by atoms with Crippen LogP contribution in [0.4, 0.5) is 0 Å². The normalized spacial score (nSPS) is 11.8. The van der Waals surface area contributed by atoms with Gasteiger partial charge in [0.25, 0.3) is 5.91 Å². The lowest BCUT2D eigenvalue weighted by atomic mass is 10.1. The topological polar surface area (TPSA) is 98.7 Å². The Bertz CT molecular complexity index is 738. The van der Waals surface area contributed by atoms with Gasteiger partial charge < -0.3 is 25.1 Å². The van der Waals surface area contributed by atoms with Gasteiger partial charge in [0.15, 0.2) is 0 Å². The van der Waals surface area contributed by atoms with Crippen LogP contribution < -0.4 is 15.2 Å². The number of benzene rings is 2. The third kappa shape index (κ3) is 5.81. The van der Waals surface area contributed by atoms with Crippen molar-refractivity contribution in [3.63, 3.8) is 0 Å². The van der Waals surface area contributed by atoms with E-state index in [0.717, 1.165) is 0 Å². The average molecular weight is 356 g/mol. The summed E-state index contributed by atoms with van der Waals surface area (Å²) in [7, 11) is 0. The molecule has 0 aliphatic carbocycles. The quantitative estimate of drug-likeness (QED) is 0.747. The van der Waals surface area contributed by atoms with Gasteiger partial charge in [0, 0.05) is 5.56 Å². The number of carbonyl (C=O) groups excluding carboxylic acids is 2. The molecule has 0 unspecified atom stereocenters. The molecule has 2 rings (SSSR count). The molecule has 0 spiro atoms. The van der Waals surface area contributed by atoms with Gasteiger partial charge in [-0.1, -0.05) is 26.0 Å². The maximum atomic E-state index is 12.3. The highest BCUT2D eigenvalue weighted by molar-refractivity contribution is 5.96. The van der Waals surface area contributed by atoms with Crippen molar-refractivity contribution in [2.75, 3.05) is 6.61 Å². The van der Waals surface area contributed by atoms with Gasteiger partial charge in [0.1, 0.15) is 11.5 Å². The summed E-state index contributed by atoms with van der Waals surface area (Å²) in [5, 5.41) is 23.1. The third-order valence-corrected chi connectivity index (χ3v) is 3.67. The molecule has 26 heavy (non-hydrogen) atoms. The third-order valence-electron chi connectivity index (χ3n) is 3.67. The lowest BCUT2D eigenvalue weighted by Gasteiger charge is -2.20. The van der Waals surface area contributed by atoms with Gasteiger partial charge in [0.2, 0.25) is 0 Å². The number of hydrogen-bond acceptors (Lipinski definition) is 5. The van der Waals surface area contributed by atoms with E-state index < -0.39 is 17.9 Å². The summed E-state index contributed by atoms with van der Waals surface area (Å²) in [4.78, 5) is 23.6. The second-order valence-electron chi connectivity index (χ2n) is 6.44. The molecule has 0 saturated carbocycles. The molecule has 0 radical (unpaired) electrons. The lowest BCUT2D eigenvalue weighted by Crippen LogP contribution is -2.49. The van der Waals surface area contributed by atoms with E-state index in [4.69, 9.17) is 4.74 Å². The number of carboxylic acid groups (broad SMARTS) is 1. The molecule has 0 aromatic heterocycles. The van der Waals surface area contributed by atoms with Crippen LogP contribution in [0.15, 0.2) is 48.5 Å². The number of nitrogens with one attached hydrogen (secondary N) is 1. The molecule has 2 N–H and O–H groups in total. The molecule has 0 aliphatic rings. The monoisotopic (exact) mass is 356 g/mol. The Morgan fingerprint density at radius 2 is 1.69 bits per heavy atom. The van der Waals surface area contributed by atoms with E-state index in [1.165, 1.54) is 12.1 Å². The Kier molecular flexibility index (Phi) is 6.60. The summed E-state index contributed by atoms with van der Waals surface area (Å²) in [6, 6.07) is 11.4. The number of rotatable bonds is 8. The number of phenols is 1. The van der Waals surface area contributed by atoms with Crippen LogP contribution in [0.3, 0.4) is 0 Å². The van der Waals surface area contributed by atoms with Crippen LogP contribution in [-0.4, -0.2) is 29.6 Å². The number of aromatic hydroxyl groups is 1. The summed E-state index contributed by atoms with van der Waals surface area (Å²) in [6.07, 6.45) is 0.0595. The van der Waals surface area contributed by atoms with Crippen molar-refractivity contribution in [3.05, 3.63) is 59.7 Å². The summed E-state index contributed by atoms with van der Waals surface area (Å²) in [5.41, 5.74) is 0.994. The van der Waals surface area contributed by atoms with Crippen LogP contribution in [0, 0.1) is 5.92 Å². The molecule has 6 heteroatoms. The molecular weight excluding hydrogens is 334 g/mol. The number of phenolic OH excluding ortho intramolecular Hbond substituents is 1. The van der Waals surface area contributed by atoms with Crippen molar-refractivity contribution < 1.29 is 24.5 Å². The fourth-order valence-electron chi connectivity index (χ4n) is 2.27. The number of hydrogen-bond donors (Lipinski definition) is 2. The van der Waals surface area contributed by atoms with E-state index in [0.29, 0.717) is 29.4 Å². The maximum Gasteiger partial charge on any atom is 0.251 e. The number of carboxylic acids is 1. The van der Waals surface area contributed by atoms with E-state index in [1.807, 2.05) is 13.8 Å². The van der Waals surface area contributed by atoms with Crippen molar-refractivity contribution in [2.45, 2.75) is 26.3 Å². The Balaban J connectivity index is 2.00. The molecule has 0 saturated heterocycles. The molecule has 0 aliphatic heterocycles. The zero-order valence-corrected chi connectivity index (χ0v) is 14.8. The van der Waals surface area contributed by atoms with E-state index >= 15 is 0 Å². The standard InChI is InChI=1S/C20H23NO5/c1-13(2)12-26-17-9-5-15(6-10-17)19(23)21-18(20(24)25)11-14-3-7-16(22)8-4-14/h3-10,13,18,22H,11-12H2,1-2H3,(H,21,23)(H,24,25)/p-1/t18-/m1/s1. The maximum absolute atomic E-state index is 12.3. The number of ether oxygens (including phenoxy) is 1. The van der Waals surface area contributed by atoms with Gasteiger partial charge in [-0.25, -0.2) is 0 Å². The van der Waals surface area contributed by atoms with Crippen LogP contribution in [0.1, 0.15) is 29.8 Å². The molecule has 6 nitrogen and oxygen atoms in total. The second-order valence-corrected chi connectivity index (χ2v) is 6.44. The van der Waals surface area contributed by atoms with Crippen LogP contribution in [-0.2, 0) is 11.2 Å². The SMILES string of the molecule is CC(C)COc1ccc(C(=O)N[C@H](Cc2ccc(O)cc2)C(=O)[O-])cc1. The Hall–Kier alpha value is -3.02. The van der Waals surface area contributed by atoms with Gasteiger partial charge in [-0.15, -0.1) is 0 Å². The largest absolute Gasteiger partial charge is 0.548 e. The van der Waals surface area contributed by atoms with Crippen molar-refractivity contribution in [2.24, 2.45) is 5.92 Å². The number of aliphatic carboxylic acids is 1. The first kappa shape index (κ1) is 19.3. The predicted octanol–water partition coefficient (Wildman–Crippen LogP) is 1.52. The van der Waals surface area contributed by atoms with Gasteiger partial charge >= 0.3 is 0 Å². The van der Waals surface area contributed by atoms with Crippen molar-refractivity contribution in [3.8, 4) is 11.5 Å². The van der Waals surface area contributed by atoms with Crippen molar-refractivity contribution in [1.29, 1.82) is 0 Å². The molecule has 1 atom stereocenters. The van der Waals surface area contributed by atoms with E-state index in [1.54, 1.807) is 36.4 Å². The Morgan fingerprint density at radius 1 is 1.08 bits per heavy atom. The van der Waals surface area contributed by atoms with Crippen molar-refractivity contribution in [1.82, 2.24) is 5.32 Å². The number of amides is 1. The summed E-state index contributed by atoms with van der Waals surface area (Å²) in [5.74, 6) is -0.753. The molecule has 0 bridgehead atoms. The molecule has 0 fully saturated rings. The second kappa shape index (κ2) is 8.89. The first-order chi connectivity index (χ1) is 12.3. The molecule has 2 aromatic rings. The molecule has 1 amide bonds. The van der Waals surface area contributed by atoms with Crippen LogP contribution in [0.5, 0.6) is 11.5 Å². The highest BCUT2D eigenvalue weighted by Crippen LogP contribution is 2.14. The smallest absolute Gasteiger partial charge is 0.251 e. The highest BCUT2D eigenvalue weighted by Gasteiger charge is 2.16. The number of carbonyl (C=O) groups is 2. The molecule has 138 valence electrons. The summed E-state index contributed by atoms with van der Waals surface area (Å²) in [6.45, 7) is 4.65. The molecule has 2 aromatic carbocycles. The van der Waals surface area contributed by atoms with Gasteiger partial charge in [-0.05, 0) is 54.3 Å². The van der Waals surface area contributed by atoms with Crippen LogP contribution in [0.25, 0.3) is 0 Å². The summed E-state index contributed by atoms with van der Waals surface area (Å²) >= 11 is 0. The highest BCUT2D eigenvalue weighted by atomic mass is 16.5. The molecular formula is C20H22NO5-. The minimum Gasteiger partial charge on any atom is -0.548 e. The minimum absolute atomic E-state index is 0.0595. The Labute approximate surface area is 152 Å². The van der Waals surface area contributed by atoms with Gasteiger partial charge in [-0.3, -0.25) is 4.79 Å². The fraction of sp³-hybridized carbons (Fsp3) is 0.300. The predicted molar refractivity (Wildman–Crippen MR) is 94.8 cm³/mol. The lowest BCUT2D eigenvalue weighted by molar-refractivity contribution is -0.308. The first-order valence-electron chi connectivity index (χ1n) is 8.37. The zero-order valence-electron chi connectivity index (χ0n) is 14.8. The van der Waals surface area contributed by atoms with Crippen molar-refractivity contribution >= 4 is 11.9 Å². The van der Waals surface area contributed by atoms with E-state index in [-0.39, 0.29) is 12.2 Å². The average Bonchev–Trinajstić information content (AvgIpc) is 2.61. The van der Waals surface area contributed by atoms with E-state index in [2.05, 4.69) is 5.32 Å². The van der Waals surface area contributed by atoms with Gasteiger partial charge in [-0.2, -0.15) is 0 Å². The fourth-order valence-corrected chi connectivity index (χ4v) is 2.27. The van der Waals surface area contributed by atoms with Crippen LogP contribution >= 0.6 is 0 Å². The van der Waals surface area contributed by atoms with E-state index in [9.17, 15) is 19.8 Å². The minimum atomic E-state index is -1.37. The van der Waals surface area contributed by atoms with Gasteiger partial charge in [0.05, 0.1) is 18.6 Å². The Morgan fingerprint density at radius 3 is 2.23 bits per heavy atom. The zero-order chi connectivity index (χ0) is 19.1. The first-order valence-corrected chi connectivity index (χ1v) is 8.37. The summed E-state index contributed by atoms with van der Waals surface area (Å²) < 4.78 is 5.55. The molecule has 0 heterocycles. The van der Waals surface area contributed by atoms with Crippen LogP contribution in [0.2, 0.25) is 0 Å².